The molecule has 32 heavy (non-hydrogen) atoms. The van der Waals surface area contributed by atoms with Gasteiger partial charge in [0.05, 0.1) is 12.4 Å². The van der Waals surface area contributed by atoms with Gasteiger partial charge in [-0.1, -0.05) is 55.1 Å². The Bertz CT molecular complexity index is 1040. The van der Waals surface area contributed by atoms with Gasteiger partial charge in [-0.15, -0.1) is 16.8 Å². The van der Waals surface area contributed by atoms with Gasteiger partial charge in [0, 0.05) is 12.2 Å². The summed E-state index contributed by atoms with van der Waals surface area (Å²) in [7, 11) is 1.60. The van der Waals surface area contributed by atoms with Gasteiger partial charge in [-0.05, 0) is 37.6 Å². The molecule has 2 unspecified atom stereocenters. The molecule has 0 saturated heterocycles. The zero-order valence-corrected chi connectivity index (χ0v) is 19.3. The van der Waals surface area contributed by atoms with Crippen LogP contribution in [0.25, 0.3) is 0 Å². The van der Waals surface area contributed by atoms with Crippen molar-refractivity contribution in [1.82, 2.24) is 14.8 Å². The molecule has 0 aliphatic rings. The second-order valence-electron chi connectivity index (χ2n) is 7.02. The molecule has 0 bridgehead atoms. The molecular weight excluding hydrogens is 424 g/mol. The molecule has 168 valence electrons. The van der Waals surface area contributed by atoms with Gasteiger partial charge < -0.3 is 14.8 Å². The van der Waals surface area contributed by atoms with Crippen LogP contribution in [-0.4, -0.2) is 33.0 Å². The van der Waals surface area contributed by atoms with Crippen molar-refractivity contribution in [2.75, 3.05) is 12.4 Å². The lowest BCUT2D eigenvalue weighted by Crippen LogP contribution is -2.25. The van der Waals surface area contributed by atoms with Crippen molar-refractivity contribution in [3.05, 3.63) is 73.1 Å². The quantitative estimate of drug-likeness (QED) is 0.321. The van der Waals surface area contributed by atoms with E-state index in [9.17, 15) is 4.79 Å². The fourth-order valence-corrected chi connectivity index (χ4v) is 4.11. The fourth-order valence-electron chi connectivity index (χ4n) is 3.14. The summed E-state index contributed by atoms with van der Waals surface area (Å²) in [6.45, 7) is 8.24. The lowest BCUT2D eigenvalue weighted by Gasteiger charge is -2.18. The van der Waals surface area contributed by atoms with Gasteiger partial charge in [0.2, 0.25) is 5.91 Å². The largest absolute Gasteiger partial charge is 0.493 e. The molecule has 1 amide bonds. The van der Waals surface area contributed by atoms with E-state index < -0.39 is 0 Å². The Kier molecular flexibility index (Phi) is 8.33. The number of carbonyl (C=O) groups excluding carboxylic acids is 1. The number of para-hydroxylation sites is 3. The second-order valence-corrected chi connectivity index (χ2v) is 8.19. The van der Waals surface area contributed by atoms with E-state index in [-0.39, 0.29) is 17.3 Å². The maximum absolute atomic E-state index is 12.8. The van der Waals surface area contributed by atoms with Crippen LogP contribution in [0.15, 0.2) is 72.4 Å². The third-order valence-electron chi connectivity index (χ3n) is 4.75. The van der Waals surface area contributed by atoms with Crippen LogP contribution in [-0.2, 0) is 11.3 Å². The van der Waals surface area contributed by atoms with Crippen LogP contribution >= 0.6 is 11.8 Å². The number of methoxy groups -OCH3 is 1. The summed E-state index contributed by atoms with van der Waals surface area (Å²) in [6, 6.07) is 16.9. The normalized spacial score (nSPS) is 12.6. The van der Waals surface area contributed by atoms with Crippen molar-refractivity contribution in [3.63, 3.8) is 0 Å². The predicted molar refractivity (Wildman–Crippen MR) is 127 cm³/mol. The lowest BCUT2D eigenvalue weighted by molar-refractivity contribution is -0.115. The number of anilines is 1. The molecule has 3 rings (SSSR count). The maximum atomic E-state index is 12.8. The molecule has 0 aliphatic heterocycles. The standard InChI is InChI=1S/C24H28N4O3S/c1-5-16-28-22(17(3)31-20-15-11-10-14-19(20)30-4)26-27-24(28)32-21(6-2)23(29)25-18-12-8-7-9-13-18/h5,7-15,17,21H,1,6,16H2,2-4H3,(H,25,29). The van der Waals surface area contributed by atoms with E-state index in [1.54, 1.807) is 13.2 Å². The van der Waals surface area contributed by atoms with Crippen LogP contribution in [0.4, 0.5) is 5.69 Å². The molecule has 1 aromatic heterocycles. The van der Waals surface area contributed by atoms with Crippen molar-refractivity contribution in [2.45, 2.75) is 43.3 Å². The second kappa shape index (κ2) is 11.4. The lowest BCUT2D eigenvalue weighted by atomic mass is 10.3. The number of thioether (sulfide) groups is 1. The number of aromatic nitrogens is 3. The highest BCUT2D eigenvalue weighted by Gasteiger charge is 2.25. The summed E-state index contributed by atoms with van der Waals surface area (Å²) in [6.07, 6.45) is 2.04. The zero-order valence-electron chi connectivity index (χ0n) is 18.5. The zero-order chi connectivity index (χ0) is 22.9. The number of hydrogen-bond donors (Lipinski definition) is 1. The number of ether oxygens (including phenoxy) is 2. The smallest absolute Gasteiger partial charge is 0.237 e. The Morgan fingerprint density at radius 3 is 2.50 bits per heavy atom. The van der Waals surface area contributed by atoms with Crippen LogP contribution in [0.1, 0.15) is 32.2 Å². The molecule has 2 atom stereocenters. The van der Waals surface area contributed by atoms with Crippen molar-refractivity contribution >= 4 is 23.4 Å². The number of benzene rings is 2. The third kappa shape index (κ3) is 5.70. The Labute approximate surface area is 192 Å². The third-order valence-corrected chi connectivity index (χ3v) is 6.09. The number of nitrogens with zero attached hydrogens (tertiary/aromatic N) is 3. The van der Waals surface area contributed by atoms with Crippen molar-refractivity contribution in [2.24, 2.45) is 0 Å². The molecular formula is C24H28N4O3S. The van der Waals surface area contributed by atoms with E-state index in [2.05, 4.69) is 22.1 Å². The van der Waals surface area contributed by atoms with Crippen LogP contribution in [0.3, 0.4) is 0 Å². The minimum atomic E-state index is -0.383. The summed E-state index contributed by atoms with van der Waals surface area (Å²) >= 11 is 1.38. The van der Waals surface area contributed by atoms with E-state index in [1.165, 1.54) is 11.8 Å². The number of hydrogen-bond acceptors (Lipinski definition) is 6. The van der Waals surface area contributed by atoms with Gasteiger partial charge in [0.1, 0.15) is 0 Å². The average molecular weight is 453 g/mol. The van der Waals surface area contributed by atoms with Crippen LogP contribution < -0.4 is 14.8 Å². The van der Waals surface area contributed by atoms with Crippen molar-refractivity contribution in [3.8, 4) is 11.5 Å². The summed E-state index contributed by atoms with van der Waals surface area (Å²) in [5, 5.41) is 12.0. The number of amides is 1. The van der Waals surface area contributed by atoms with Crippen LogP contribution in [0.2, 0.25) is 0 Å². The fraction of sp³-hybridized carbons (Fsp3) is 0.292. The van der Waals surface area contributed by atoms with Crippen LogP contribution in [0, 0.1) is 0 Å². The van der Waals surface area contributed by atoms with E-state index in [0.717, 1.165) is 5.69 Å². The first-order chi connectivity index (χ1) is 15.6. The summed E-state index contributed by atoms with van der Waals surface area (Å²) in [4.78, 5) is 12.8. The van der Waals surface area contributed by atoms with E-state index >= 15 is 0 Å². The highest BCUT2D eigenvalue weighted by atomic mass is 32.2. The minimum absolute atomic E-state index is 0.0725. The maximum Gasteiger partial charge on any atom is 0.237 e. The first-order valence-electron chi connectivity index (χ1n) is 10.4. The van der Waals surface area contributed by atoms with E-state index in [1.807, 2.05) is 73.0 Å². The highest BCUT2D eigenvalue weighted by Crippen LogP contribution is 2.32. The van der Waals surface area contributed by atoms with Gasteiger partial charge in [0.15, 0.2) is 28.6 Å². The Morgan fingerprint density at radius 2 is 1.84 bits per heavy atom. The molecule has 2 aromatic carbocycles. The SMILES string of the molecule is C=CCn1c(SC(CC)C(=O)Nc2ccccc2)nnc1C(C)Oc1ccccc1OC. The van der Waals surface area contributed by atoms with Gasteiger partial charge in [-0.25, -0.2) is 0 Å². The molecule has 0 fully saturated rings. The summed E-state index contributed by atoms with van der Waals surface area (Å²) in [5.41, 5.74) is 0.767. The first-order valence-corrected chi connectivity index (χ1v) is 11.3. The Hall–Kier alpha value is -3.26. The minimum Gasteiger partial charge on any atom is -0.493 e. The molecule has 0 radical (unpaired) electrons. The summed E-state index contributed by atoms with van der Waals surface area (Å²) < 4.78 is 13.4. The molecule has 1 N–H and O–H groups in total. The van der Waals surface area contributed by atoms with Crippen molar-refractivity contribution < 1.29 is 14.3 Å². The first kappa shape index (κ1) is 23.4. The van der Waals surface area contributed by atoms with E-state index in [4.69, 9.17) is 9.47 Å². The Morgan fingerprint density at radius 1 is 1.16 bits per heavy atom. The number of carbonyl (C=O) groups is 1. The highest BCUT2D eigenvalue weighted by molar-refractivity contribution is 8.00. The Balaban J connectivity index is 1.78. The topological polar surface area (TPSA) is 78.3 Å². The summed E-state index contributed by atoms with van der Waals surface area (Å²) in [5.74, 6) is 1.85. The number of rotatable bonds is 11. The molecule has 3 aromatic rings. The van der Waals surface area contributed by atoms with Crippen LogP contribution in [0.5, 0.6) is 11.5 Å². The monoisotopic (exact) mass is 452 g/mol. The van der Waals surface area contributed by atoms with E-state index in [0.29, 0.717) is 35.4 Å². The van der Waals surface area contributed by atoms with Gasteiger partial charge in [-0.2, -0.15) is 0 Å². The molecule has 7 nitrogen and oxygen atoms in total. The van der Waals surface area contributed by atoms with Gasteiger partial charge in [0.25, 0.3) is 0 Å². The molecule has 8 heteroatoms. The number of nitrogens with one attached hydrogen (secondary N) is 1. The average Bonchev–Trinajstić information content (AvgIpc) is 3.21. The molecule has 0 spiro atoms. The molecule has 0 aliphatic carbocycles. The molecule has 1 heterocycles. The van der Waals surface area contributed by atoms with Gasteiger partial charge in [-0.3, -0.25) is 9.36 Å². The number of allylic oxidation sites excluding steroid dienone is 1. The van der Waals surface area contributed by atoms with Crippen molar-refractivity contribution in [1.29, 1.82) is 0 Å². The van der Waals surface area contributed by atoms with Gasteiger partial charge >= 0.3 is 0 Å². The molecule has 0 saturated carbocycles. The predicted octanol–water partition coefficient (Wildman–Crippen LogP) is 5.12.